The van der Waals surface area contributed by atoms with Gasteiger partial charge in [-0.05, 0) is 35.4 Å². The summed E-state index contributed by atoms with van der Waals surface area (Å²) in [5.74, 6) is 2.43. The number of hydrogen-bond donors (Lipinski definition) is 1. The van der Waals surface area contributed by atoms with Gasteiger partial charge in [0.15, 0.2) is 17.5 Å². The van der Waals surface area contributed by atoms with E-state index in [2.05, 4.69) is 32.2 Å². The third-order valence-corrected chi connectivity index (χ3v) is 5.27. The van der Waals surface area contributed by atoms with Crippen molar-refractivity contribution < 1.29 is 9.47 Å². The Balaban J connectivity index is 1.50. The lowest BCUT2D eigenvalue weighted by Gasteiger charge is -2.36. The molecule has 2 aromatic carbocycles. The van der Waals surface area contributed by atoms with E-state index in [0.717, 1.165) is 55.7 Å². The number of nitriles is 1. The SMILES string of the molecule is CN=C(NCc1ccc(C#N)cc1)N1CCN(Cc2ccc(OC)c(OC)c2)CC1. The van der Waals surface area contributed by atoms with Crippen LogP contribution < -0.4 is 14.8 Å². The number of aliphatic imine (C=N–C) groups is 1. The van der Waals surface area contributed by atoms with E-state index in [0.29, 0.717) is 12.1 Å². The van der Waals surface area contributed by atoms with E-state index in [1.54, 1.807) is 14.2 Å². The average molecular weight is 408 g/mol. The molecule has 7 nitrogen and oxygen atoms in total. The Labute approximate surface area is 178 Å². The van der Waals surface area contributed by atoms with E-state index in [9.17, 15) is 0 Å². The fourth-order valence-electron chi connectivity index (χ4n) is 3.57. The van der Waals surface area contributed by atoms with Crippen molar-refractivity contribution in [3.63, 3.8) is 0 Å². The van der Waals surface area contributed by atoms with Crippen LogP contribution in [0.15, 0.2) is 47.5 Å². The van der Waals surface area contributed by atoms with Crippen molar-refractivity contribution in [3.05, 3.63) is 59.2 Å². The largest absolute Gasteiger partial charge is 0.493 e. The first-order valence-electron chi connectivity index (χ1n) is 10.0. The van der Waals surface area contributed by atoms with Crippen LogP contribution in [0.25, 0.3) is 0 Å². The van der Waals surface area contributed by atoms with Gasteiger partial charge < -0.3 is 19.7 Å². The number of hydrogen-bond acceptors (Lipinski definition) is 5. The van der Waals surface area contributed by atoms with Gasteiger partial charge in [-0.2, -0.15) is 5.26 Å². The van der Waals surface area contributed by atoms with Gasteiger partial charge in [0, 0.05) is 46.3 Å². The summed E-state index contributed by atoms with van der Waals surface area (Å²) in [6.45, 7) is 5.33. The van der Waals surface area contributed by atoms with Gasteiger partial charge in [0.05, 0.1) is 25.9 Å². The zero-order valence-electron chi connectivity index (χ0n) is 17.9. The minimum atomic E-state index is 0.675. The lowest BCUT2D eigenvalue weighted by molar-refractivity contribution is 0.172. The molecule has 1 fully saturated rings. The Hall–Kier alpha value is -3.24. The fraction of sp³-hybridized carbons (Fsp3) is 0.391. The average Bonchev–Trinajstić information content (AvgIpc) is 2.80. The van der Waals surface area contributed by atoms with Crippen LogP contribution in [0.4, 0.5) is 0 Å². The second kappa shape index (κ2) is 10.5. The third kappa shape index (κ3) is 5.43. The number of nitrogens with zero attached hydrogens (tertiary/aromatic N) is 4. The molecule has 2 aromatic rings. The molecule has 1 aliphatic rings. The van der Waals surface area contributed by atoms with E-state index in [-0.39, 0.29) is 0 Å². The van der Waals surface area contributed by atoms with Gasteiger partial charge in [-0.25, -0.2) is 0 Å². The summed E-state index contributed by atoms with van der Waals surface area (Å²) >= 11 is 0. The lowest BCUT2D eigenvalue weighted by Crippen LogP contribution is -2.52. The summed E-state index contributed by atoms with van der Waals surface area (Å²) in [7, 11) is 5.13. The quantitative estimate of drug-likeness (QED) is 0.586. The van der Waals surface area contributed by atoms with Crippen molar-refractivity contribution in [1.82, 2.24) is 15.1 Å². The van der Waals surface area contributed by atoms with Crippen LogP contribution in [-0.2, 0) is 13.1 Å². The van der Waals surface area contributed by atoms with Crippen molar-refractivity contribution in [2.24, 2.45) is 4.99 Å². The molecule has 7 heteroatoms. The first-order chi connectivity index (χ1) is 14.7. The number of ether oxygens (including phenoxy) is 2. The fourth-order valence-corrected chi connectivity index (χ4v) is 3.57. The minimum Gasteiger partial charge on any atom is -0.493 e. The number of rotatable bonds is 6. The molecule has 0 amide bonds. The summed E-state index contributed by atoms with van der Waals surface area (Å²) in [6.07, 6.45) is 0. The van der Waals surface area contributed by atoms with E-state index in [1.165, 1.54) is 5.56 Å². The molecule has 1 heterocycles. The molecule has 1 saturated heterocycles. The van der Waals surface area contributed by atoms with E-state index in [4.69, 9.17) is 14.7 Å². The molecule has 158 valence electrons. The number of piperazine rings is 1. The zero-order chi connectivity index (χ0) is 21.3. The standard InChI is InChI=1S/C23H29N5O2/c1-25-23(26-16-19-6-4-18(15-24)5-7-19)28-12-10-27(11-13-28)17-20-8-9-21(29-2)22(14-20)30-3/h4-9,14H,10-13,16-17H2,1-3H3,(H,25,26). The molecule has 0 unspecified atom stereocenters. The molecule has 0 aromatic heterocycles. The highest BCUT2D eigenvalue weighted by atomic mass is 16.5. The maximum atomic E-state index is 8.91. The van der Waals surface area contributed by atoms with Gasteiger partial charge in [-0.3, -0.25) is 9.89 Å². The number of guanidine groups is 1. The molecular weight excluding hydrogens is 378 g/mol. The van der Waals surface area contributed by atoms with Crippen LogP contribution in [0.2, 0.25) is 0 Å². The Morgan fingerprint density at radius 2 is 1.67 bits per heavy atom. The van der Waals surface area contributed by atoms with Crippen LogP contribution in [0.1, 0.15) is 16.7 Å². The van der Waals surface area contributed by atoms with Crippen LogP contribution in [0, 0.1) is 11.3 Å². The molecule has 30 heavy (non-hydrogen) atoms. The van der Waals surface area contributed by atoms with Crippen molar-refractivity contribution in [1.29, 1.82) is 5.26 Å². The van der Waals surface area contributed by atoms with Gasteiger partial charge in [-0.15, -0.1) is 0 Å². The molecule has 0 bridgehead atoms. The minimum absolute atomic E-state index is 0.675. The molecule has 1 aliphatic heterocycles. The molecule has 3 rings (SSSR count). The van der Waals surface area contributed by atoms with Crippen molar-refractivity contribution >= 4 is 5.96 Å². The first kappa shape index (κ1) is 21.5. The van der Waals surface area contributed by atoms with Crippen molar-refractivity contribution in [3.8, 4) is 17.6 Å². The summed E-state index contributed by atoms with van der Waals surface area (Å²) in [4.78, 5) is 9.16. The summed E-state index contributed by atoms with van der Waals surface area (Å²) in [5.41, 5.74) is 3.01. The highest BCUT2D eigenvalue weighted by molar-refractivity contribution is 5.80. The molecule has 0 radical (unpaired) electrons. The monoisotopic (exact) mass is 407 g/mol. The van der Waals surface area contributed by atoms with Gasteiger partial charge in [0.2, 0.25) is 0 Å². The predicted octanol–water partition coefficient (Wildman–Crippen LogP) is 2.47. The molecule has 0 atom stereocenters. The summed E-state index contributed by atoms with van der Waals surface area (Å²) in [6, 6.07) is 15.9. The van der Waals surface area contributed by atoms with Crippen LogP contribution in [0.5, 0.6) is 11.5 Å². The molecule has 0 spiro atoms. The molecular formula is C23H29N5O2. The van der Waals surface area contributed by atoms with Crippen molar-refractivity contribution in [2.75, 3.05) is 47.4 Å². The Morgan fingerprint density at radius 3 is 2.27 bits per heavy atom. The maximum Gasteiger partial charge on any atom is 0.194 e. The lowest BCUT2D eigenvalue weighted by atomic mass is 10.1. The Bertz CT molecular complexity index is 897. The van der Waals surface area contributed by atoms with E-state index >= 15 is 0 Å². The van der Waals surface area contributed by atoms with E-state index < -0.39 is 0 Å². The molecule has 1 N–H and O–H groups in total. The third-order valence-electron chi connectivity index (χ3n) is 5.27. The van der Waals surface area contributed by atoms with Crippen molar-refractivity contribution in [2.45, 2.75) is 13.1 Å². The second-order valence-corrected chi connectivity index (χ2v) is 7.16. The Kier molecular flexibility index (Phi) is 7.52. The number of nitrogens with one attached hydrogen (secondary N) is 1. The van der Waals surface area contributed by atoms with Crippen LogP contribution in [-0.4, -0.2) is 63.2 Å². The summed E-state index contributed by atoms with van der Waals surface area (Å²) < 4.78 is 10.7. The van der Waals surface area contributed by atoms with Crippen LogP contribution >= 0.6 is 0 Å². The molecule has 0 saturated carbocycles. The Morgan fingerprint density at radius 1 is 1.00 bits per heavy atom. The highest BCUT2D eigenvalue weighted by Crippen LogP contribution is 2.28. The normalized spacial score (nSPS) is 14.9. The number of methoxy groups -OCH3 is 2. The van der Waals surface area contributed by atoms with Gasteiger partial charge >= 0.3 is 0 Å². The van der Waals surface area contributed by atoms with E-state index in [1.807, 2.05) is 43.4 Å². The van der Waals surface area contributed by atoms with Crippen LogP contribution in [0.3, 0.4) is 0 Å². The topological polar surface area (TPSA) is 73.1 Å². The zero-order valence-corrected chi connectivity index (χ0v) is 17.9. The second-order valence-electron chi connectivity index (χ2n) is 7.16. The van der Waals surface area contributed by atoms with Gasteiger partial charge in [0.1, 0.15) is 0 Å². The highest BCUT2D eigenvalue weighted by Gasteiger charge is 2.20. The predicted molar refractivity (Wildman–Crippen MR) is 118 cm³/mol. The molecule has 0 aliphatic carbocycles. The first-order valence-corrected chi connectivity index (χ1v) is 10.0. The maximum absolute atomic E-state index is 8.91. The van der Waals surface area contributed by atoms with Gasteiger partial charge in [0.25, 0.3) is 0 Å². The summed E-state index contributed by atoms with van der Waals surface area (Å²) in [5, 5.41) is 12.3. The smallest absolute Gasteiger partial charge is 0.194 e. The van der Waals surface area contributed by atoms with Gasteiger partial charge in [-0.1, -0.05) is 18.2 Å². The number of benzene rings is 2.